The lowest BCUT2D eigenvalue weighted by Crippen LogP contribution is -2.38. The van der Waals surface area contributed by atoms with Crippen LogP contribution in [-0.4, -0.2) is 30.6 Å². The third-order valence-electron chi connectivity index (χ3n) is 3.81. The predicted octanol–water partition coefficient (Wildman–Crippen LogP) is 3.64. The van der Waals surface area contributed by atoms with Crippen LogP contribution in [0.15, 0.2) is 18.2 Å². The molecular formula is C15H22F2N2. The van der Waals surface area contributed by atoms with Crippen molar-refractivity contribution >= 4 is 5.69 Å². The first-order valence-electron chi connectivity index (χ1n) is 7.10. The third-order valence-corrected chi connectivity index (χ3v) is 3.81. The van der Waals surface area contributed by atoms with Crippen LogP contribution < -0.4 is 5.32 Å². The maximum Gasteiger partial charge on any atom is 0.146 e. The molecule has 1 N–H and O–H groups in total. The molecule has 0 spiro atoms. The van der Waals surface area contributed by atoms with Crippen molar-refractivity contribution < 1.29 is 8.78 Å². The zero-order valence-corrected chi connectivity index (χ0v) is 11.5. The molecule has 0 radical (unpaired) electrons. The number of nitrogens with zero attached hydrogens (tertiary/aromatic N) is 1. The lowest BCUT2D eigenvalue weighted by atomic mass is 10.0. The second kappa shape index (κ2) is 6.85. The molecule has 1 aromatic carbocycles. The van der Waals surface area contributed by atoms with E-state index in [1.54, 1.807) is 0 Å². The third kappa shape index (κ3) is 4.16. The zero-order chi connectivity index (χ0) is 13.7. The molecular weight excluding hydrogens is 246 g/mol. The molecule has 1 heterocycles. The van der Waals surface area contributed by atoms with Crippen molar-refractivity contribution in [3.05, 3.63) is 29.8 Å². The minimum Gasteiger partial charge on any atom is -0.383 e. The lowest BCUT2D eigenvalue weighted by molar-refractivity contribution is 0.160. The van der Waals surface area contributed by atoms with Gasteiger partial charge in [0, 0.05) is 19.1 Å². The lowest BCUT2D eigenvalue weighted by Gasteiger charge is -2.33. The number of anilines is 1. The molecule has 0 bridgehead atoms. The minimum atomic E-state index is -0.409. The van der Waals surface area contributed by atoms with Crippen LogP contribution in [0.2, 0.25) is 0 Å². The summed E-state index contributed by atoms with van der Waals surface area (Å²) in [5, 5.41) is 2.97. The van der Waals surface area contributed by atoms with Gasteiger partial charge < -0.3 is 10.2 Å². The Kier molecular flexibility index (Phi) is 5.14. The van der Waals surface area contributed by atoms with Crippen LogP contribution in [-0.2, 0) is 0 Å². The maximum absolute atomic E-state index is 13.4. The van der Waals surface area contributed by atoms with E-state index in [2.05, 4.69) is 17.1 Å². The number of hydrogen-bond donors (Lipinski definition) is 1. The van der Waals surface area contributed by atoms with Gasteiger partial charge in [-0.25, -0.2) is 8.78 Å². The fourth-order valence-electron chi connectivity index (χ4n) is 2.63. The number of piperidine rings is 1. The molecule has 0 saturated carbocycles. The van der Waals surface area contributed by atoms with E-state index in [4.69, 9.17) is 0 Å². The van der Waals surface area contributed by atoms with Crippen molar-refractivity contribution in [3.8, 4) is 0 Å². The normalized spacial score (nSPS) is 20.5. The molecule has 1 atom stereocenters. The van der Waals surface area contributed by atoms with E-state index in [0.29, 0.717) is 12.6 Å². The number of hydrogen-bond acceptors (Lipinski definition) is 2. The Morgan fingerprint density at radius 1 is 1.32 bits per heavy atom. The van der Waals surface area contributed by atoms with E-state index in [1.165, 1.54) is 25.3 Å². The van der Waals surface area contributed by atoms with Crippen molar-refractivity contribution in [2.45, 2.75) is 38.6 Å². The number of likely N-dealkylation sites (tertiary alicyclic amines) is 1. The van der Waals surface area contributed by atoms with Gasteiger partial charge in [0.1, 0.15) is 11.6 Å². The highest BCUT2D eigenvalue weighted by Gasteiger charge is 2.17. The van der Waals surface area contributed by atoms with Gasteiger partial charge in [-0.15, -0.1) is 0 Å². The first-order valence-corrected chi connectivity index (χ1v) is 7.10. The molecule has 0 aliphatic carbocycles. The Morgan fingerprint density at radius 3 is 2.95 bits per heavy atom. The molecule has 1 saturated heterocycles. The highest BCUT2D eigenvalue weighted by atomic mass is 19.1. The fourth-order valence-corrected chi connectivity index (χ4v) is 2.63. The van der Waals surface area contributed by atoms with Gasteiger partial charge in [0.05, 0.1) is 5.69 Å². The Labute approximate surface area is 113 Å². The van der Waals surface area contributed by atoms with Gasteiger partial charge in [0.15, 0.2) is 0 Å². The number of rotatable bonds is 5. The van der Waals surface area contributed by atoms with Crippen molar-refractivity contribution in [1.82, 2.24) is 4.90 Å². The molecule has 2 rings (SSSR count). The smallest absolute Gasteiger partial charge is 0.146 e. The van der Waals surface area contributed by atoms with Crippen molar-refractivity contribution in [1.29, 1.82) is 0 Å². The van der Waals surface area contributed by atoms with Gasteiger partial charge in [0.25, 0.3) is 0 Å². The highest BCUT2D eigenvalue weighted by Crippen LogP contribution is 2.17. The topological polar surface area (TPSA) is 15.3 Å². The van der Waals surface area contributed by atoms with Crippen LogP contribution in [0.5, 0.6) is 0 Å². The summed E-state index contributed by atoms with van der Waals surface area (Å²) in [5.41, 5.74) is 0.256. The average Bonchev–Trinajstić information content (AvgIpc) is 2.40. The van der Waals surface area contributed by atoms with Gasteiger partial charge in [0.2, 0.25) is 0 Å². The summed E-state index contributed by atoms with van der Waals surface area (Å²) in [4.78, 5) is 2.48. The van der Waals surface area contributed by atoms with Gasteiger partial charge in [-0.2, -0.15) is 0 Å². The summed E-state index contributed by atoms with van der Waals surface area (Å²) in [7, 11) is 0. The number of halogens is 2. The molecule has 19 heavy (non-hydrogen) atoms. The number of benzene rings is 1. The Bertz CT molecular complexity index is 409. The molecule has 1 fully saturated rings. The summed E-state index contributed by atoms with van der Waals surface area (Å²) in [6.45, 7) is 5.11. The summed E-state index contributed by atoms with van der Waals surface area (Å²) in [6.07, 6.45) is 4.81. The monoisotopic (exact) mass is 268 g/mol. The average molecular weight is 268 g/mol. The van der Waals surface area contributed by atoms with Gasteiger partial charge in [-0.3, -0.25) is 0 Å². The maximum atomic E-state index is 13.4. The first-order chi connectivity index (χ1) is 9.16. The van der Waals surface area contributed by atoms with Crippen LogP contribution >= 0.6 is 0 Å². The molecule has 4 heteroatoms. The van der Waals surface area contributed by atoms with Crippen molar-refractivity contribution in [2.24, 2.45) is 0 Å². The molecule has 1 aliphatic rings. The molecule has 0 aromatic heterocycles. The van der Waals surface area contributed by atoms with E-state index < -0.39 is 11.6 Å². The second-order valence-electron chi connectivity index (χ2n) is 5.29. The minimum absolute atomic E-state index is 0.256. The Balaban J connectivity index is 1.73. The van der Waals surface area contributed by atoms with Crippen molar-refractivity contribution in [2.75, 3.05) is 25.0 Å². The summed E-state index contributed by atoms with van der Waals surface area (Å²) in [6, 6.07) is 4.15. The van der Waals surface area contributed by atoms with E-state index in [9.17, 15) is 8.78 Å². The van der Waals surface area contributed by atoms with Crippen molar-refractivity contribution in [3.63, 3.8) is 0 Å². The largest absolute Gasteiger partial charge is 0.383 e. The summed E-state index contributed by atoms with van der Waals surface area (Å²) >= 11 is 0. The molecule has 1 aromatic rings. The zero-order valence-electron chi connectivity index (χ0n) is 11.5. The number of nitrogens with one attached hydrogen (secondary N) is 1. The van der Waals surface area contributed by atoms with Gasteiger partial charge in [-0.05, 0) is 50.9 Å². The second-order valence-corrected chi connectivity index (χ2v) is 5.29. The first kappa shape index (κ1) is 14.3. The standard InChI is InChI=1S/C15H22F2N2/c1-12-5-2-3-9-19(12)10-4-8-18-15-11-13(16)6-7-14(15)17/h6-7,11-12,18H,2-5,8-10H2,1H3. The van der Waals surface area contributed by atoms with Crippen LogP contribution in [0.25, 0.3) is 0 Å². The molecule has 0 amide bonds. The fraction of sp³-hybridized carbons (Fsp3) is 0.600. The van der Waals surface area contributed by atoms with E-state index in [-0.39, 0.29) is 5.69 Å². The quantitative estimate of drug-likeness (QED) is 0.820. The highest BCUT2D eigenvalue weighted by molar-refractivity contribution is 5.44. The van der Waals surface area contributed by atoms with Crippen LogP contribution in [0.4, 0.5) is 14.5 Å². The predicted molar refractivity (Wildman–Crippen MR) is 74.4 cm³/mol. The van der Waals surface area contributed by atoms with Crippen LogP contribution in [0.3, 0.4) is 0 Å². The molecule has 106 valence electrons. The summed E-state index contributed by atoms with van der Waals surface area (Å²) in [5.74, 6) is -0.804. The van der Waals surface area contributed by atoms with E-state index in [0.717, 1.165) is 31.6 Å². The van der Waals surface area contributed by atoms with Crippen LogP contribution in [0.1, 0.15) is 32.6 Å². The molecule has 2 nitrogen and oxygen atoms in total. The molecule has 1 unspecified atom stereocenters. The summed E-state index contributed by atoms with van der Waals surface area (Å²) < 4.78 is 26.4. The van der Waals surface area contributed by atoms with Gasteiger partial charge >= 0.3 is 0 Å². The van der Waals surface area contributed by atoms with Crippen LogP contribution in [0, 0.1) is 11.6 Å². The van der Waals surface area contributed by atoms with Gasteiger partial charge in [-0.1, -0.05) is 6.42 Å². The SMILES string of the molecule is CC1CCCCN1CCCNc1cc(F)ccc1F. The molecule has 1 aliphatic heterocycles. The Morgan fingerprint density at radius 2 is 2.16 bits per heavy atom. The van der Waals surface area contributed by atoms with E-state index in [1.807, 2.05) is 0 Å². The van der Waals surface area contributed by atoms with E-state index >= 15 is 0 Å². The Hall–Kier alpha value is -1.16.